The summed E-state index contributed by atoms with van der Waals surface area (Å²) in [7, 11) is -4.12. The van der Waals surface area contributed by atoms with Crippen LogP contribution >= 0.6 is 0 Å². The lowest BCUT2D eigenvalue weighted by molar-refractivity contribution is 0.356. The molecule has 1 aliphatic heterocycles. The highest BCUT2D eigenvalue weighted by Crippen LogP contribution is 2.23. The first-order valence-corrected chi connectivity index (χ1v) is 6.73. The fourth-order valence-electron chi connectivity index (χ4n) is 1.73. The zero-order valence-electron chi connectivity index (χ0n) is 9.29. The van der Waals surface area contributed by atoms with Crippen molar-refractivity contribution in [1.82, 2.24) is 9.62 Å². The van der Waals surface area contributed by atoms with Crippen molar-refractivity contribution in [2.45, 2.75) is 4.90 Å². The molecular formula is C10H11F3N2O2S. The Morgan fingerprint density at radius 2 is 1.67 bits per heavy atom. The van der Waals surface area contributed by atoms with Crippen LogP contribution in [-0.4, -0.2) is 38.9 Å². The van der Waals surface area contributed by atoms with E-state index >= 15 is 0 Å². The predicted molar refractivity (Wildman–Crippen MR) is 57.9 cm³/mol. The standard InChI is InChI=1S/C10H11F3N2O2S/c11-7-1-2-8(10(13)9(7)12)18(16,17)15-5-3-14-4-6-15/h1-2,14H,3-6H2. The van der Waals surface area contributed by atoms with Crippen molar-refractivity contribution in [2.24, 2.45) is 0 Å². The summed E-state index contributed by atoms with van der Waals surface area (Å²) >= 11 is 0. The van der Waals surface area contributed by atoms with E-state index < -0.39 is 32.4 Å². The van der Waals surface area contributed by atoms with Crippen LogP contribution in [0.5, 0.6) is 0 Å². The Hall–Kier alpha value is -1.12. The van der Waals surface area contributed by atoms with Gasteiger partial charge in [0, 0.05) is 26.2 Å². The van der Waals surface area contributed by atoms with Crippen LogP contribution in [0.15, 0.2) is 17.0 Å². The van der Waals surface area contributed by atoms with Crippen LogP contribution in [-0.2, 0) is 10.0 Å². The molecule has 2 rings (SSSR count). The van der Waals surface area contributed by atoms with Crippen LogP contribution in [0.2, 0.25) is 0 Å². The Labute approximate surface area is 102 Å². The lowest BCUT2D eigenvalue weighted by Gasteiger charge is -2.26. The number of hydrogen-bond acceptors (Lipinski definition) is 3. The maximum Gasteiger partial charge on any atom is 0.246 e. The van der Waals surface area contributed by atoms with Crippen LogP contribution < -0.4 is 5.32 Å². The number of halogens is 3. The van der Waals surface area contributed by atoms with Gasteiger partial charge in [-0.1, -0.05) is 0 Å². The van der Waals surface area contributed by atoms with E-state index in [-0.39, 0.29) is 13.1 Å². The first-order chi connectivity index (χ1) is 8.44. The Bertz CT molecular complexity index is 556. The molecule has 0 saturated carbocycles. The molecular weight excluding hydrogens is 269 g/mol. The Morgan fingerprint density at radius 3 is 2.28 bits per heavy atom. The molecule has 1 aromatic carbocycles. The smallest absolute Gasteiger partial charge is 0.246 e. The molecule has 1 saturated heterocycles. The fourth-order valence-corrected chi connectivity index (χ4v) is 3.23. The van der Waals surface area contributed by atoms with E-state index in [0.29, 0.717) is 19.2 Å². The molecule has 0 unspecified atom stereocenters. The molecule has 1 aliphatic rings. The number of rotatable bonds is 2. The van der Waals surface area contributed by atoms with Gasteiger partial charge in [0.2, 0.25) is 10.0 Å². The van der Waals surface area contributed by atoms with Gasteiger partial charge in [-0.3, -0.25) is 0 Å². The second-order valence-corrected chi connectivity index (χ2v) is 5.73. The molecule has 1 heterocycles. The van der Waals surface area contributed by atoms with Crippen LogP contribution in [0.3, 0.4) is 0 Å². The van der Waals surface area contributed by atoms with Crippen LogP contribution in [0.25, 0.3) is 0 Å². The predicted octanol–water partition coefficient (Wildman–Crippen LogP) is 0.698. The first-order valence-electron chi connectivity index (χ1n) is 5.29. The molecule has 1 aromatic rings. The van der Waals surface area contributed by atoms with E-state index in [1.807, 2.05) is 0 Å². The van der Waals surface area contributed by atoms with Gasteiger partial charge in [0.1, 0.15) is 4.90 Å². The van der Waals surface area contributed by atoms with Crippen molar-refractivity contribution < 1.29 is 21.6 Å². The van der Waals surface area contributed by atoms with Crippen LogP contribution in [0, 0.1) is 17.5 Å². The summed E-state index contributed by atoms with van der Waals surface area (Å²) in [6.07, 6.45) is 0. The molecule has 18 heavy (non-hydrogen) atoms. The summed E-state index contributed by atoms with van der Waals surface area (Å²) in [5.41, 5.74) is 0. The molecule has 0 atom stereocenters. The Kier molecular flexibility index (Phi) is 3.60. The monoisotopic (exact) mass is 280 g/mol. The Balaban J connectivity index is 2.44. The summed E-state index contributed by atoms with van der Waals surface area (Å²) < 4.78 is 64.4. The topological polar surface area (TPSA) is 49.4 Å². The van der Waals surface area contributed by atoms with Crippen molar-refractivity contribution in [1.29, 1.82) is 0 Å². The molecule has 4 nitrogen and oxygen atoms in total. The summed E-state index contributed by atoms with van der Waals surface area (Å²) in [4.78, 5) is -0.830. The highest BCUT2D eigenvalue weighted by molar-refractivity contribution is 7.89. The number of benzene rings is 1. The van der Waals surface area contributed by atoms with Crippen molar-refractivity contribution in [3.63, 3.8) is 0 Å². The average molecular weight is 280 g/mol. The summed E-state index contributed by atoms with van der Waals surface area (Å²) in [6.45, 7) is 1.20. The van der Waals surface area contributed by atoms with E-state index in [4.69, 9.17) is 0 Å². The summed E-state index contributed by atoms with van der Waals surface area (Å²) in [5.74, 6) is -4.86. The van der Waals surface area contributed by atoms with Gasteiger partial charge in [-0.05, 0) is 12.1 Å². The molecule has 0 bridgehead atoms. The third-order valence-electron chi connectivity index (χ3n) is 2.69. The molecule has 0 aromatic heterocycles. The third-order valence-corrected chi connectivity index (χ3v) is 4.61. The average Bonchev–Trinajstić information content (AvgIpc) is 2.37. The van der Waals surface area contributed by atoms with E-state index in [9.17, 15) is 21.6 Å². The second kappa shape index (κ2) is 4.87. The number of piperazine rings is 1. The van der Waals surface area contributed by atoms with Crippen molar-refractivity contribution in [3.05, 3.63) is 29.6 Å². The largest absolute Gasteiger partial charge is 0.314 e. The molecule has 0 radical (unpaired) electrons. The van der Waals surface area contributed by atoms with E-state index in [1.54, 1.807) is 0 Å². The molecule has 0 spiro atoms. The molecule has 0 amide bonds. The summed E-state index contributed by atoms with van der Waals surface area (Å²) in [6, 6.07) is 1.35. The van der Waals surface area contributed by atoms with Gasteiger partial charge in [0.15, 0.2) is 17.5 Å². The van der Waals surface area contributed by atoms with Gasteiger partial charge in [0.25, 0.3) is 0 Å². The summed E-state index contributed by atoms with van der Waals surface area (Å²) in [5, 5.41) is 2.94. The van der Waals surface area contributed by atoms with Crippen molar-refractivity contribution in [3.8, 4) is 0 Å². The minimum Gasteiger partial charge on any atom is -0.314 e. The zero-order valence-corrected chi connectivity index (χ0v) is 10.1. The second-order valence-electron chi connectivity index (χ2n) is 3.83. The van der Waals surface area contributed by atoms with Gasteiger partial charge in [-0.15, -0.1) is 0 Å². The fraction of sp³-hybridized carbons (Fsp3) is 0.400. The first kappa shape index (κ1) is 13.3. The van der Waals surface area contributed by atoms with Crippen LogP contribution in [0.4, 0.5) is 13.2 Å². The number of sulfonamides is 1. The van der Waals surface area contributed by atoms with E-state index in [2.05, 4.69) is 5.32 Å². The van der Waals surface area contributed by atoms with E-state index in [1.165, 1.54) is 0 Å². The molecule has 1 N–H and O–H groups in total. The lowest BCUT2D eigenvalue weighted by Crippen LogP contribution is -2.46. The van der Waals surface area contributed by atoms with Gasteiger partial charge in [0.05, 0.1) is 0 Å². The van der Waals surface area contributed by atoms with E-state index in [0.717, 1.165) is 10.4 Å². The zero-order chi connectivity index (χ0) is 13.3. The third kappa shape index (κ3) is 2.23. The normalized spacial score (nSPS) is 17.9. The molecule has 0 aliphatic carbocycles. The SMILES string of the molecule is O=S(=O)(c1ccc(F)c(F)c1F)N1CCNCC1. The highest BCUT2D eigenvalue weighted by atomic mass is 32.2. The minimum atomic E-state index is -4.12. The molecule has 100 valence electrons. The number of nitrogens with zero attached hydrogens (tertiary/aromatic N) is 1. The van der Waals surface area contributed by atoms with Crippen LogP contribution in [0.1, 0.15) is 0 Å². The Morgan fingerprint density at radius 1 is 1.06 bits per heavy atom. The maximum absolute atomic E-state index is 13.5. The number of nitrogens with one attached hydrogen (secondary N) is 1. The van der Waals surface area contributed by atoms with Crippen molar-refractivity contribution in [2.75, 3.05) is 26.2 Å². The number of hydrogen-bond donors (Lipinski definition) is 1. The quantitative estimate of drug-likeness (QED) is 0.811. The lowest BCUT2D eigenvalue weighted by atomic mass is 10.3. The van der Waals surface area contributed by atoms with Gasteiger partial charge >= 0.3 is 0 Å². The molecule has 8 heteroatoms. The minimum absolute atomic E-state index is 0.167. The van der Waals surface area contributed by atoms with Crippen molar-refractivity contribution >= 4 is 10.0 Å². The highest BCUT2D eigenvalue weighted by Gasteiger charge is 2.30. The van der Waals surface area contributed by atoms with Gasteiger partial charge in [-0.2, -0.15) is 4.31 Å². The van der Waals surface area contributed by atoms with Gasteiger partial charge < -0.3 is 5.32 Å². The maximum atomic E-state index is 13.5. The molecule has 1 fully saturated rings. The van der Waals surface area contributed by atoms with Gasteiger partial charge in [-0.25, -0.2) is 21.6 Å².